The zero-order chi connectivity index (χ0) is 27.8. The van der Waals surface area contributed by atoms with E-state index in [9.17, 15) is 0 Å². The van der Waals surface area contributed by atoms with Crippen molar-refractivity contribution in [1.82, 2.24) is 0 Å². The van der Waals surface area contributed by atoms with E-state index in [1.54, 1.807) is 0 Å². The normalized spacial score (nSPS) is 12.7. The molecule has 0 atom stereocenters. The Kier molecular flexibility index (Phi) is 8.09. The second-order valence-corrected chi connectivity index (χ2v) is 15.6. The standard InChI is InChI=1S/C37H31N2P2/c1-7-19-32(20-8-1)38-40(34-23-11-3-12-24-34,35-25-13-4-14-26-35)31-41(36-27-15-5-16-28-36,37-29-17-6-18-30-37)39-33-21-9-2-10-22-33/h1-30,38H/q+1. The zero-order valence-corrected chi connectivity index (χ0v) is 24.5. The van der Waals surface area contributed by atoms with Gasteiger partial charge >= 0.3 is 0 Å². The molecule has 0 aliphatic heterocycles. The lowest BCUT2D eigenvalue weighted by atomic mass is 10.2. The van der Waals surface area contributed by atoms with Crippen molar-refractivity contribution in [2.75, 3.05) is 5.09 Å². The summed E-state index contributed by atoms with van der Waals surface area (Å²) in [7, 11) is -5.21. The van der Waals surface area contributed by atoms with Crippen molar-refractivity contribution in [1.29, 1.82) is 0 Å². The monoisotopic (exact) mass is 565 g/mol. The van der Waals surface area contributed by atoms with Gasteiger partial charge in [-0.2, -0.15) is 0 Å². The molecule has 5 aromatic rings. The second kappa shape index (κ2) is 12.4. The van der Waals surface area contributed by atoms with Crippen molar-refractivity contribution in [3.05, 3.63) is 182 Å². The first-order valence-corrected chi connectivity index (χ1v) is 17.2. The number of nitrogens with one attached hydrogen (secondary N) is 1. The maximum absolute atomic E-state index is 5.70. The summed E-state index contributed by atoms with van der Waals surface area (Å²) in [6.07, 6.45) is 10.3. The smallest absolute Gasteiger partial charge is 0.173 e. The summed E-state index contributed by atoms with van der Waals surface area (Å²) in [6, 6.07) is 53.6. The molecule has 0 fully saturated rings. The molecule has 5 aromatic carbocycles. The van der Waals surface area contributed by atoms with Crippen molar-refractivity contribution in [2.45, 2.75) is 0 Å². The first-order chi connectivity index (χ1) is 20.3. The van der Waals surface area contributed by atoms with Crippen LogP contribution in [0.3, 0.4) is 0 Å². The Hall–Kier alpha value is -4.44. The van der Waals surface area contributed by atoms with E-state index in [2.05, 4.69) is 186 Å². The molecule has 1 N–H and O–H groups in total. The third-order valence-corrected chi connectivity index (χ3v) is 14.7. The number of hydrogen-bond donors (Lipinski definition) is 1. The van der Waals surface area contributed by atoms with Crippen LogP contribution in [0.2, 0.25) is 0 Å². The Labute approximate surface area is 243 Å². The molecule has 4 heteroatoms. The molecular weight excluding hydrogens is 534 g/mol. The van der Waals surface area contributed by atoms with Crippen molar-refractivity contribution >= 4 is 51.9 Å². The van der Waals surface area contributed by atoms with Gasteiger partial charge in [-0.25, -0.2) is 4.76 Å². The maximum atomic E-state index is 5.70. The van der Waals surface area contributed by atoms with E-state index in [1.165, 1.54) is 21.2 Å². The highest BCUT2D eigenvalue weighted by atomic mass is 31.2. The van der Waals surface area contributed by atoms with Gasteiger partial charge in [0.05, 0.1) is 38.4 Å². The van der Waals surface area contributed by atoms with Gasteiger partial charge in [0.2, 0.25) is 0 Å². The van der Waals surface area contributed by atoms with Crippen LogP contribution in [-0.4, -0.2) is 10.9 Å². The Balaban J connectivity index is 1.91. The van der Waals surface area contributed by atoms with E-state index in [4.69, 9.17) is 4.76 Å². The fourth-order valence-electron chi connectivity index (χ4n) is 5.00. The number of para-hydroxylation sites is 1. The van der Waals surface area contributed by atoms with Crippen LogP contribution in [0.5, 0.6) is 0 Å². The van der Waals surface area contributed by atoms with Crippen LogP contribution in [0, 0.1) is 6.42 Å². The summed E-state index contributed by atoms with van der Waals surface area (Å²) >= 11 is 0. The third-order valence-electron chi connectivity index (χ3n) is 6.93. The molecule has 0 radical (unpaired) electrons. The largest absolute Gasteiger partial charge is 0.353 e. The fourth-order valence-corrected chi connectivity index (χ4v) is 13.5. The molecule has 198 valence electrons. The predicted molar refractivity (Wildman–Crippen MR) is 183 cm³/mol. The lowest BCUT2D eigenvalue weighted by Crippen LogP contribution is -2.25. The van der Waals surface area contributed by atoms with E-state index in [-0.39, 0.29) is 0 Å². The maximum Gasteiger partial charge on any atom is 0.173 e. The fraction of sp³-hybridized carbons (Fsp3) is 0. The highest BCUT2D eigenvalue weighted by molar-refractivity contribution is 8.00. The first-order valence-electron chi connectivity index (χ1n) is 13.7. The lowest BCUT2D eigenvalue weighted by Gasteiger charge is -2.30. The average Bonchev–Trinajstić information content (AvgIpc) is 3.06. The van der Waals surface area contributed by atoms with E-state index in [0.29, 0.717) is 0 Å². The SMILES string of the molecule is C(=P(N=C1C=C[CH+]C=C1)(c1ccccc1)c1ccccc1)=P(Nc1ccccc1)(c1ccccc1)c1ccccc1. The number of allylic oxidation sites excluding steroid dienone is 4. The summed E-state index contributed by atoms with van der Waals surface area (Å²) in [4.78, 5) is 0. The Morgan fingerprint density at radius 3 is 1.32 bits per heavy atom. The van der Waals surface area contributed by atoms with Crippen LogP contribution in [0.25, 0.3) is 0 Å². The molecule has 0 aromatic heterocycles. The van der Waals surface area contributed by atoms with Gasteiger partial charge in [0.25, 0.3) is 0 Å². The molecule has 0 saturated carbocycles. The van der Waals surface area contributed by atoms with Crippen molar-refractivity contribution in [3.8, 4) is 0 Å². The molecule has 1 aliphatic rings. The first kappa shape index (κ1) is 26.8. The van der Waals surface area contributed by atoms with Gasteiger partial charge in [-0.3, -0.25) is 0 Å². The second-order valence-electron chi connectivity index (χ2n) is 9.66. The molecule has 0 spiro atoms. The van der Waals surface area contributed by atoms with E-state index in [0.717, 1.165) is 11.4 Å². The van der Waals surface area contributed by atoms with Gasteiger partial charge in [0.1, 0.15) is 0 Å². The van der Waals surface area contributed by atoms with Crippen LogP contribution in [0.15, 0.2) is 181 Å². The van der Waals surface area contributed by atoms with Gasteiger partial charge in [-0.15, -0.1) is 0 Å². The Bertz CT molecular complexity index is 1700. The van der Waals surface area contributed by atoms with Gasteiger partial charge in [-0.05, 0) is 12.1 Å². The summed E-state index contributed by atoms with van der Waals surface area (Å²) in [5.74, 6) is 0. The minimum Gasteiger partial charge on any atom is -0.353 e. The number of hydrogen-bond acceptors (Lipinski definition) is 2. The van der Waals surface area contributed by atoms with Gasteiger partial charge < -0.3 is 5.09 Å². The zero-order valence-electron chi connectivity index (χ0n) is 22.7. The number of nitrogens with zero attached hydrogens (tertiary/aromatic N) is 1. The number of rotatable bonds is 7. The van der Waals surface area contributed by atoms with Crippen molar-refractivity contribution < 1.29 is 0 Å². The summed E-state index contributed by atoms with van der Waals surface area (Å²) in [5, 5.41) is 13.2. The number of anilines is 1. The molecule has 1 aliphatic carbocycles. The summed E-state index contributed by atoms with van der Waals surface area (Å²) in [6.45, 7) is 0. The van der Waals surface area contributed by atoms with Crippen LogP contribution in [0.4, 0.5) is 5.69 Å². The Morgan fingerprint density at radius 2 is 0.878 bits per heavy atom. The van der Waals surface area contributed by atoms with Crippen LogP contribution in [0.1, 0.15) is 0 Å². The molecule has 2 nitrogen and oxygen atoms in total. The highest BCUT2D eigenvalue weighted by Gasteiger charge is 2.30. The predicted octanol–water partition coefficient (Wildman–Crippen LogP) is 7.67. The molecule has 0 bridgehead atoms. The topological polar surface area (TPSA) is 24.4 Å². The molecule has 0 unspecified atom stereocenters. The van der Waals surface area contributed by atoms with E-state index < -0.39 is 14.1 Å². The van der Waals surface area contributed by atoms with Crippen LogP contribution in [-0.2, 0) is 0 Å². The van der Waals surface area contributed by atoms with Gasteiger partial charge in [0, 0.05) is 33.3 Å². The molecular formula is C37H31N2P2+. The molecule has 0 amide bonds. The highest BCUT2D eigenvalue weighted by Crippen LogP contribution is 2.53. The molecule has 0 saturated heterocycles. The van der Waals surface area contributed by atoms with Gasteiger partial charge in [-0.1, -0.05) is 145 Å². The van der Waals surface area contributed by atoms with Crippen molar-refractivity contribution in [3.63, 3.8) is 0 Å². The van der Waals surface area contributed by atoms with Crippen LogP contribution >= 0.6 is 14.1 Å². The molecule has 6 rings (SSSR count). The third kappa shape index (κ3) is 5.74. The minimum atomic E-state index is -2.65. The lowest BCUT2D eigenvalue weighted by molar-refractivity contribution is 1.66. The Morgan fingerprint density at radius 1 is 0.488 bits per heavy atom. The van der Waals surface area contributed by atoms with Crippen molar-refractivity contribution in [2.24, 2.45) is 4.76 Å². The molecule has 41 heavy (non-hydrogen) atoms. The van der Waals surface area contributed by atoms with E-state index in [1.807, 2.05) is 6.42 Å². The average molecular weight is 566 g/mol. The summed E-state index contributed by atoms with van der Waals surface area (Å²) in [5.41, 5.74) is 2.00. The van der Waals surface area contributed by atoms with E-state index >= 15 is 0 Å². The quantitative estimate of drug-likeness (QED) is 0.159. The molecule has 0 heterocycles. The van der Waals surface area contributed by atoms with Gasteiger partial charge in [0.15, 0.2) is 5.71 Å². The van der Waals surface area contributed by atoms with Crippen LogP contribution < -0.4 is 26.3 Å². The minimum absolute atomic E-state index is 0.944. The summed E-state index contributed by atoms with van der Waals surface area (Å²) < 4.78 is 5.70. The number of benzene rings is 5.